The molecule has 0 aromatic rings. The number of aliphatic carboxylic acids is 1. The molecule has 0 aromatic carbocycles. The summed E-state index contributed by atoms with van der Waals surface area (Å²) < 4.78 is 5.02. The fourth-order valence-corrected chi connectivity index (χ4v) is 1.99. The summed E-state index contributed by atoms with van der Waals surface area (Å²) in [6.07, 6.45) is 1.18. The van der Waals surface area contributed by atoms with Crippen molar-refractivity contribution in [3.63, 3.8) is 0 Å². The van der Waals surface area contributed by atoms with E-state index in [0.29, 0.717) is 13.0 Å². The monoisotopic (exact) mass is 298 g/mol. The van der Waals surface area contributed by atoms with Gasteiger partial charge in [0.05, 0.1) is 6.54 Å². The predicted molar refractivity (Wildman–Crippen MR) is 75.7 cm³/mol. The first kappa shape index (κ1) is 17.0. The molecule has 1 saturated heterocycles. The summed E-state index contributed by atoms with van der Waals surface area (Å²) in [7, 11) is 0. The van der Waals surface area contributed by atoms with E-state index in [2.05, 4.69) is 11.9 Å². The second-order valence-electron chi connectivity index (χ2n) is 6.04. The van der Waals surface area contributed by atoms with Gasteiger partial charge in [-0.15, -0.1) is 6.58 Å². The summed E-state index contributed by atoms with van der Waals surface area (Å²) in [4.78, 5) is 36.0. The van der Waals surface area contributed by atoms with E-state index in [1.807, 2.05) is 0 Å². The van der Waals surface area contributed by atoms with Crippen molar-refractivity contribution < 1.29 is 24.2 Å². The molecule has 0 spiro atoms. The maximum absolute atomic E-state index is 11.8. The fraction of sp³-hybridized carbons (Fsp3) is 0.643. The molecule has 118 valence electrons. The topological polar surface area (TPSA) is 95.9 Å². The number of hydrogen-bond acceptors (Lipinski definition) is 4. The molecule has 7 heteroatoms. The number of carbonyl (C=O) groups excluding carboxylic acids is 2. The van der Waals surface area contributed by atoms with Gasteiger partial charge in [0.1, 0.15) is 11.6 Å². The Morgan fingerprint density at radius 1 is 1.57 bits per heavy atom. The molecule has 0 radical (unpaired) electrons. The minimum atomic E-state index is -1.21. The lowest BCUT2D eigenvalue weighted by Crippen LogP contribution is -2.50. The lowest BCUT2D eigenvalue weighted by molar-refractivity contribution is -0.140. The number of carbonyl (C=O) groups is 3. The first-order valence-electron chi connectivity index (χ1n) is 6.75. The van der Waals surface area contributed by atoms with Crippen LogP contribution in [-0.2, 0) is 14.3 Å². The van der Waals surface area contributed by atoms with Gasteiger partial charge in [-0.3, -0.25) is 4.79 Å². The number of carboxylic acids is 1. The summed E-state index contributed by atoms with van der Waals surface area (Å²) in [6.45, 7) is 9.01. The molecule has 1 rings (SSSR count). The number of rotatable bonds is 5. The lowest BCUT2D eigenvalue weighted by Gasteiger charge is -2.24. The van der Waals surface area contributed by atoms with E-state index in [-0.39, 0.29) is 18.4 Å². The molecule has 2 amide bonds. The van der Waals surface area contributed by atoms with Crippen LogP contribution >= 0.6 is 0 Å². The molecule has 0 saturated carbocycles. The van der Waals surface area contributed by atoms with E-state index in [0.717, 1.165) is 0 Å². The van der Waals surface area contributed by atoms with Gasteiger partial charge in [-0.25, -0.2) is 9.59 Å². The van der Waals surface area contributed by atoms with Crippen LogP contribution in [-0.4, -0.2) is 52.7 Å². The van der Waals surface area contributed by atoms with E-state index >= 15 is 0 Å². The fourth-order valence-electron chi connectivity index (χ4n) is 1.99. The van der Waals surface area contributed by atoms with Crippen molar-refractivity contribution in [2.75, 3.05) is 13.1 Å². The Morgan fingerprint density at radius 2 is 2.19 bits per heavy atom. The highest BCUT2D eigenvalue weighted by Crippen LogP contribution is 2.18. The van der Waals surface area contributed by atoms with Crippen molar-refractivity contribution in [2.45, 2.75) is 38.8 Å². The average molecular weight is 298 g/mol. The van der Waals surface area contributed by atoms with E-state index in [1.165, 1.54) is 4.90 Å². The van der Waals surface area contributed by atoms with E-state index < -0.39 is 23.7 Å². The maximum atomic E-state index is 11.8. The number of nitrogens with one attached hydrogen (secondary N) is 1. The molecule has 1 heterocycles. The third-order valence-corrected chi connectivity index (χ3v) is 2.97. The largest absolute Gasteiger partial charge is 0.480 e. The minimum absolute atomic E-state index is 0.0217. The average Bonchev–Trinajstić information content (AvgIpc) is 2.66. The smallest absolute Gasteiger partial charge is 0.408 e. The van der Waals surface area contributed by atoms with E-state index in [1.54, 1.807) is 26.8 Å². The SMILES string of the molecule is C=CC1CC(=O)N(C[C@H](NC(=O)OC(C)(C)C)C(=O)O)C1. The van der Waals surface area contributed by atoms with Crippen molar-refractivity contribution in [3.8, 4) is 0 Å². The van der Waals surface area contributed by atoms with Crippen molar-refractivity contribution in [2.24, 2.45) is 5.92 Å². The molecule has 0 bridgehead atoms. The van der Waals surface area contributed by atoms with Gasteiger partial charge in [-0.1, -0.05) is 6.08 Å². The van der Waals surface area contributed by atoms with Gasteiger partial charge in [0, 0.05) is 18.9 Å². The Labute approximate surface area is 123 Å². The van der Waals surface area contributed by atoms with Gasteiger partial charge in [0.15, 0.2) is 0 Å². The Hall–Kier alpha value is -2.05. The Morgan fingerprint density at radius 3 is 2.62 bits per heavy atom. The van der Waals surface area contributed by atoms with Gasteiger partial charge in [-0.2, -0.15) is 0 Å². The Bertz CT molecular complexity index is 441. The van der Waals surface area contributed by atoms with Crippen molar-refractivity contribution in [1.82, 2.24) is 10.2 Å². The van der Waals surface area contributed by atoms with Gasteiger partial charge < -0.3 is 20.1 Å². The van der Waals surface area contributed by atoms with E-state index in [9.17, 15) is 14.4 Å². The number of alkyl carbamates (subject to hydrolysis) is 1. The summed E-state index contributed by atoms with van der Waals surface area (Å²) in [5, 5.41) is 11.4. The number of carboxylic acid groups (broad SMARTS) is 1. The van der Waals surface area contributed by atoms with Crippen LogP contribution in [0.25, 0.3) is 0 Å². The van der Waals surface area contributed by atoms with Crippen molar-refractivity contribution >= 4 is 18.0 Å². The quantitative estimate of drug-likeness (QED) is 0.738. The van der Waals surface area contributed by atoms with Crippen LogP contribution in [0.15, 0.2) is 12.7 Å². The first-order valence-corrected chi connectivity index (χ1v) is 6.75. The zero-order chi connectivity index (χ0) is 16.2. The van der Waals surface area contributed by atoms with Gasteiger partial charge in [0.2, 0.25) is 5.91 Å². The van der Waals surface area contributed by atoms with Crippen molar-refractivity contribution in [3.05, 3.63) is 12.7 Å². The molecule has 1 fully saturated rings. The number of ether oxygens (including phenoxy) is 1. The molecule has 21 heavy (non-hydrogen) atoms. The van der Waals surface area contributed by atoms with Crippen LogP contribution < -0.4 is 5.32 Å². The molecule has 1 aliphatic rings. The molecule has 1 aliphatic heterocycles. The van der Waals surface area contributed by atoms with Crippen LogP contribution in [0.2, 0.25) is 0 Å². The Balaban J connectivity index is 2.62. The van der Waals surface area contributed by atoms with Gasteiger partial charge in [0.25, 0.3) is 0 Å². The molecular formula is C14H22N2O5. The van der Waals surface area contributed by atoms with Gasteiger partial charge in [-0.05, 0) is 20.8 Å². The summed E-state index contributed by atoms with van der Waals surface area (Å²) in [6, 6.07) is -1.20. The number of likely N-dealkylation sites (tertiary alicyclic amines) is 1. The number of amides is 2. The highest BCUT2D eigenvalue weighted by Gasteiger charge is 2.32. The van der Waals surface area contributed by atoms with Crippen molar-refractivity contribution in [1.29, 1.82) is 0 Å². The van der Waals surface area contributed by atoms with Crippen LogP contribution in [0.1, 0.15) is 27.2 Å². The number of hydrogen-bond donors (Lipinski definition) is 2. The molecule has 7 nitrogen and oxygen atoms in total. The number of nitrogens with zero attached hydrogens (tertiary/aromatic N) is 1. The van der Waals surface area contributed by atoms with Crippen LogP contribution in [0, 0.1) is 5.92 Å². The second-order valence-corrected chi connectivity index (χ2v) is 6.04. The van der Waals surface area contributed by atoms with Crippen LogP contribution in [0.4, 0.5) is 4.79 Å². The first-order chi connectivity index (χ1) is 9.62. The third-order valence-electron chi connectivity index (χ3n) is 2.97. The normalized spacial score (nSPS) is 20.0. The Kier molecular flexibility index (Phi) is 5.34. The molecular weight excluding hydrogens is 276 g/mol. The zero-order valence-corrected chi connectivity index (χ0v) is 12.6. The summed E-state index contributed by atoms with van der Waals surface area (Å²) in [5.74, 6) is -1.33. The molecule has 0 aromatic heterocycles. The maximum Gasteiger partial charge on any atom is 0.408 e. The van der Waals surface area contributed by atoms with Crippen LogP contribution in [0.3, 0.4) is 0 Å². The predicted octanol–water partition coefficient (Wildman–Crippen LogP) is 0.999. The highest BCUT2D eigenvalue weighted by atomic mass is 16.6. The summed E-state index contributed by atoms with van der Waals surface area (Å²) >= 11 is 0. The zero-order valence-electron chi connectivity index (χ0n) is 12.6. The lowest BCUT2D eigenvalue weighted by atomic mass is 10.1. The third kappa shape index (κ3) is 5.45. The van der Waals surface area contributed by atoms with Crippen LogP contribution in [0.5, 0.6) is 0 Å². The molecule has 1 unspecified atom stereocenters. The summed E-state index contributed by atoms with van der Waals surface area (Å²) in [5.41, 5.74) is -0.718. The molecule has 2 N–H and O–H groups in total. The second kappa shape index (κ2) is 6.60. The van der Waals surface area contributed by atoms with Gasteiger partial charge >= 0.3 is 12.1 Å². The standard InChI is InChI=1S/C14H22N2O5/c1-5-9-6-11(17)16(7-9)8-10(12(18)19)15-13(20)21-14(2,3)4/h5,9-10H,1,6-8H2,2-4H3,(H,15,20)(H,18,19)/t9?,10-/m0/s1. The van der Waals surface area contributed by atoms with E-state index in [4.69, 9.17) is 9.84 Å². The highest BCUT2D eigenvalue weighted by molar-refractivity contribution is 5.83. The molecule has 0 aliphatic carbocycles. The molecule has 2 atom stereocenters. The minimum Gasteiger partial charge on any atom is -0.480 e.